The van der Waals surface area contributed by atoms with Crippen molar-refractivity contribution in [3.8, 4) is 11.3 Å². The number of fused-ring (bicyclic) bond motifs is 1. The van der Waals surface area contributed by atoms with E-state index in [4.69, 9.17) is 0 Å². The molecule has 2 aromatic carbocycles. The van der Waals surface area contributed by atoms with Crippen LogP contribution in [0.3, 0.4) is 0 Å². The average Bonchev–Trinajstić information content (AvgIpc) is 2.50. The highest BCUT2D eigenvalue weighted by Gasteiger charge is 2.16. The lowest BCUT2D eigenvalue weighted by molar-refractivity contribution is 0.590. The van der Waals surface area contributed by atoms with Crippen LogP contribution in [0.1, 0.15) is 37.5 Å². The lowest BCUT2D eigenvalue weighted by atomic mass is 9.85. The molecule has 0 aliphatic rings. The maximum Gasteiger partial charge on any atom is 0.192 e. The van der Waals surface area contributed by atoms with Gasteiger partial charge >= 0.3 is 0 Å². The molecule has 0 bridgehead atoms. The summed E-state index contributed by atoms with van der Waals surface area (Å²) in [4.78, 5) is 16.1. The molecule has 3 rings (SSSR count). The van der Waals surface area contributed by atoms with Crippen molar-refractivity contribution in [2.24, 2.45) is 0 Å². The minimum Gasteiger partial charge on any atom is -0.354 e. The van der Waals surface area contributed by atoms with Gasteiger partial charge in [0.1, 0.15) is 0 Å². The second-order valence-corrected chi connectivity index (χ2v) is 7.28. The van der Waals surface area contributed by atoms with Gasteiger partial charge in [0.25, 0.3) is 0 Å². The van der Waals surface area contributed by atoms with Crippen LogP contribution >= 0.6 is 0 Å². The Morgan fingerprint density at radius 2 is 1.65 bits per heavy atom. The molecule has 0 saturated heterocycles. The number of pyridine rings is 1. The van der Waals surface area contributed by atoms with Crippen LogP contribution in [-0.2, 0) is 5.41 Å². The summed E-state index contributed by atoms with van der Waals surface area (Å²) >= 11 is 0. The van der Waals surface area contributed by atoms with Gasteiger partial charge in [-0.25, -0.2) is 0 Å². The van der Waals surface area contributed by atoms with Crippen molar-refractivity contribution in [3.05, 3.63) is 69.4 Å². The number of hydrogen-bond donors (Lipinski definition) is 1. The Labute approximate surface area is 137 Å². The zero-order valence-electron chi connectivity index (χ0n) is 14.4. The number of hydrogen-bond acceptors (Lipinski definition) is 1. The Morgan fingerprint density at radius 3 is 2.30 bits per heavy atom. The summed E-state index contributed by atoms with van der Waals surface area (Å²) in [5.41, 5.74) is 6.40. The van der Waals surface area contributed by atoms with Gasteiger partial charge in [0.2, 0.25) is 0 Å². The van der Waals surface area contributed by atoms with Crippen LogP contribution in [0.25, 0.3) is 22.2 Å². The number of aryl methyl sites for hydroxylation is 1. The SMILES string of the molecule is Cc1cc(C(C)(C)C)ccc1-c1[nH]c2ccccc2c(=O)c1C. The number of rotatable bonds is 1. The Bertz CT molecular complexity index is 942. The fraction of sp³-hybridized carbons (Fsp3) is 0.286. The molecule has 23 heavy (non-hydrogen) atoms. The highest BCUT2D eigenvalue weighted by atomic mass is 16.1. The van der Waals surface area contributed by atoms with E-state index in [0.29, 0.717) is 0 Å². The second kappa shape index (κ2) is 5.38. The van der Waals surface area contributed by atoms with E-state index in [1.54, 1.807) is 0 Å². The Balaban J connectivity index is 2.25. The van der Waals surface area contributed by atoms with Gasteiger partial charge in [-0.15, -0.1) is 0 Å². The first kappa shape index (κ1) is 15.5. The van der Waals surface area contributed by atoms with Crippen molar-refractivity contribution >= 4 is 10.9 Å². The maximum atomic E-state index is 12.6. The molecule has 2 nitrogen and oxygen atoms in total. The van der Waals surface area contributed by atoms with Gasteiger partial charge in [-0.1, -0.05) is 51.1 Å². The highest BCUT2D eigenvalue weighted by molar-refractivity contribution is 5.83. The number of H-pyrrole nitrogens is 1. The zero-order chi connectivity index (χ0) is 16.8. The Kier molecular flexibility index (Phi) is 3.63. The van der Waals surface area contributed by atoms with E-state index in [9.17, 15) is 4.79 Å². The quantitative estimate of drug-likeness (QED) is 0.666. The lowest BCUT2D eigenvalue weighted by Gasteiger charge is -2.21. The lowest BCUT2D eigenvalue weighted by Crippen LogP contribution is -2.12. The second-order valence-electron chi connectivity index (χ2n) is 7.28. The van der Waals surface area contributed by atoms with Crippen molar-refractivity contribution in [2.75, 3.05) is 0 Å². The predicted octanol–water partition coefficient (Wildman–Crippen LogP) is 5.11. The molecule has 1 N–H and O–H groups in total. The van der Waals surface area contributed by atoms with Gasteiger partial charge in [0, 0.05) is 22.0 Å². The van der Waals surface area contributed by atoms with E-state index in [-0.39, 0.29) is 10.8 Å². The number of benzene rings is 2. The molecule has 1 aromatic heterocycles. The van der Waals surface area contributed by atoms with Crippen LogP contribution in [0.15, 0.2) is 47.3 Å². The molecule has 1 heterocycles. The Hall–Kier alpha value is -2.35. The number of aromatic amines is 1. The van der Waals surface area contributed by atoms with Gasteiger partial charge in [0.05, 0.1) is 5.69 Å². The van der Waals surface area contributed by atoms with Crippen molar-refractivity contribution in [1.29, 1.82) is 0 Å². The molecule has 2 heteroatoms. The summed E-state index contributed by atoms with van der Waals surface area (Å²) in [6.45, 7) is 10.6. The van der Waals surface area contributed by atoms with Gasteiger partial charge in [-0.3, -0.25) is 4.79 Å². The molecule has 0 saturated carbocycles. The molecule has 0 fully saturated rings. The van der Waals surface area contributed by atoms with Crippen molar-refractivity contribution in [2.45, 2.75) is 40.0 Å². The third-order valence-electron chi connectivity index (χ3n) is 4.51. The molecular formula is C21H23NO. The fourth-order valence-electron chi connectivity index (χ4n) is 3.01. The van der Waals surface area contributed by atoms with Crippen molar-refractivity contribution in [1.82, 2.24) is 4.98 Å². The van der Waals surface area contributed by atoms with Crippen LogP contribution in [0.2, 0.25) is 0 Å². The summed E-state index contributed by atoms with van der Waals surface area (Å²) in [6, 6.07) is 14.2. The summed E-state index contributed by atoms with van der Waals surface area (Å²) in [6.07, 6.45) is 0. The van der Waals surface area contributed by atoms with Gasteiger partial charge in [0.15, 0.2) is 5.43 Å². The van der Waals surface area contributed by atoms with E-state index in [1.807, 2.05) is 31.2 Å². The summed E-state index contributed by atoms with van der Waals surface area (Å²) < 4.78 is 0. The average molecular weight is 305 g/mol. The van der Waals surface area contributed by atoms with Crippen molar-refractivity contribution < 1.29 is 0 Å². The normalized spacial score (nSPS) is 11.9. The number of aromatic nitrogens is 1. The molecule has 0 radical (unpaired) electrons. The fourth-order valence-corrected chi connectivity index (χ4v) is 3.01. The first-order valence-corrected chi connectivity index (χ1v) is 8.02. The van der Waals surface area contributed by atoms with Gasteiger partial charge in [-0.05, 0) is 42.5 Å². The van der Waals surface area contributed by atoms with Crippen LogP contribution in [-0.4, -0.2) is 4.98 Å². The zero-order valence-corrected chi connectivity index (χ0v) is 14.4. The molecular weight excluding hydrogens is 282 g/mol. The molecule has 0 aliphatic carbocycles. The molecule has 0 amide bonds. The van der Waals surface area contributed by atoms with Crippen LogP contribution in [0, 0.1) is 13.8 Å². The standard InChI is InChI=1S/C21H23NO/c1-13-12-15(21(3,4)5)10-11-16(13)19-14(2)20(23)17-8-6-7-9-18(17)22-19/h6-12H,1-5H3,(H,22,23). The topological polar surface area (TPSA) is 32.9 Å². The molecule has 118 valence electrons. The maximum absolute atomic E-state index is 12.6. The molecule has 0 atom stereocenters. The van der Waals surface area contributed by atoms with E-state index in [0.717, 1.165) is 27.7 Å². The first-order valence-electron chi connectivity index (χ1n) is 8.02. The third-order valence-corrected chi connectivity index (χ3v) is 4.51. The van der Waals surface area contributed by atoms with Crippen LogP contribution in [0.4, 0.5) is 0 Å². The predicted molar refractivity (Wildman–Crippen MR) is 98.2 cm³/mol. The van der Waals surface area contributed by atoms with Crippen LogP contribution < -0.4 is 5.43 Å². The highest BCUT2D eigenvalue weighted by Crippen LogP contribution is 2.30. The molecule has 0 spiro atoms. The molecule has 3 aromatic rings. The number of para-hydroxylation sites is 1. The van der Waals surface area contributed by atoms with E-state index < -0.39 is 0 Å². The Morgan fingerprint density at radius 1 is 0.957 bits per heavy atom. The van der Waals surface area contributed by atoms with E-state index >= 15 is 0 Å². The minimum absolute atomic E-state index is 0.105. The summed E-state index contributed by atoms with van der Waals surface area (Å²) in [5.74, 6) is 0. The molecule has 0 unspecified atom stereocenters. The van der Waals surface area contributed by atoms with E-state index in [2.05, 4.69) is 50.9 Å². The number of nitrogens with one attached hydrogen (secondary N) is 1. The molecule has 0 aliphatic heterocycles. The third kappa shape index (κ3) is 2.70. The largest absolute Gasteiger partial charge is 0.354 e. The monoisotopic (exact) mass is 305 g/mol. The van der Waals surface area contributed by atoms with Crippen LogP contribution in [0.5, 0.6) is 0 Å². The minimum atomic E-state index is 0.105. The summed E-state index contributed by atoms with van der Waals surface area (Å²) in [7, 11) is 0. The van der Waals surface area contributed by atoms with E-state index in [1.165, 1.54) is 11.1 Å². The first-order chi connectivity index (χ1) is 10.8. The van der Waals surface area contributed by atoms with Gasteiger partial charge < -0.3 is 4.98 Å². The van der Waals surface area contributed by atoms with Crippen molar-refractivity contribution in [3.63, 3.8) is 0 Å². The smallest absolute Gasteiger partial charge is 0.192 e. The van der Waals surface area contributed by atoms with Gasteiger partial charge in [-0.2, -0.15) is 0 Å². The summed E-state index contributed by atoms with van der Waals surface area (Å²) in [5, 5.41) is 0.748.